The van der Waals surface area contributed by atoms with Crippen LogP contribution in [0.5, 0.6) is 0 Å². The monoisotopic (exact) mass is 500 g/mol. The van der Waals surface area contributed by atoms with E-state index in [9.17, 15) is 0 Å². The maximum Gasteiger partial charge on any atom is 0.128 e. The number of rotatable bonds is 3. The molecule has 34 heavy (non-hydrogen) atoms. The van der Waals surface area contributed by atoms with Crippen molar-refractivity contribution in [2.24, 2.45) is 5.92 Å². The Morgan fingerprint density at radius 3 is 2.47 bits per heavy atom. The van der Waals surface area contributed by atoms with Gasteiger partial charge in [0.2, 0.25) is 0 Å². The first-order valence-corrected chi connectivity index (χ1v) is 14.3. The SMILES string of the molecule is Cc1sc2cc3c(cc2c1CC(C)C)sc1ncnc(-c2cc(C(C)(C)C)c4sccc4c2)c13. The van der Waals surface area contributed by atoms with Crippen molar-refractivity contribution in [2.75, 3.05) is 0 Å². The summed E-state index contributed by atoms with van der Waals surface area (Å²) >= 11 is 5.55. The number of fused-ring (bicyclic) bond motifs is 5. The van der Waals surface area contributed by atoms with Gasteiger partial charge in [-0.25, -0.2) is 9.97 Å². The summed E-state index contributed by atoms with van der Waals surface area (Å²) in [5.41, 5.74) is 5.19. The van der Waals surface area contributed by atoms with Gasteiger partial charge in [0.25, 0.3) is 0 Å². The lowest BCUT2D eigenvalue weighted by Gasteiger charge is -2.21. The predicted molar refractivity (Wildman–Crippen MR) is 153 cm³/mol. The number of hydrogen-bond acceptors (Lipinski definition) is 5. The van der Waals surface area contributed by atoms with Crippen molar-refractivity contribution in [3.05, 3.63) is 58.0 Å². The first-order chi connectivity index (χ1) is 16.2. The number of aromatic nitrogens is 2. The van der Waals surface area contributed by atoms with Crippen LogP contribution in [-0.2, 0) is 11.8 Å². The highest BCUT2D eigenvalue weighted by atomic mass is 32.1. The van der Waals surface area contributed by atoms with Gasteiger partial charge in [-0.2, -0.15) is 0 Å². The van der Waals surface area contributed by atoms with Crippen LogP contribution in [0.2, 0.25) is 0 Å². The largest absolute Gasteiger partial charge is 0.236 e. The number of nitrogens with zero attached hydrogens (tertiary/aromatic N) is 2. The van der Waals surface area contributed by atoms with Crippen molar-refractivity contribution in [2.45, 2.75) is 53.4 Å². The molecule has 5 heteroatoms. The number of thiophene rings is 3. The summed E-state index contributed by atoms with van der Waals surface area (Å²) in [4.78, 5) is 12.1. The Labute approximate surface area is 212 Å². The summed E-state index contributed by atoms with van der Waals surface area (Å²) in [6.07, 6.45) is 2.86. The Morgan fingerprint density at radius 1 is 0.941 bits per heavy atom. The maximum atomic E-state index is 4.86. The van der Waals surface area contributed by atoms with E-state index in [2.05, 4.69) is 77.3 Å². The van der Waals surface area contributed by atoms with Crippen molar-refractivity contribution in [3.63, 3.8) is 0 Å². The summed E-state index contributed by atoms with van der Waals surface area (Å²) in [7, 11) is 0. The predicted octanol–water partition coefficient (Wildman–Crippen LogP) is 9.75. The molecule has 0 spiro atoms. The van der Waals surface area contributed by atoms with Gasteiger partial charge in [-0.05, 0) is 82.3 Å². The van der Waals surface area contributed by atoms with Crippen LogP contribution in [0.1, 0.15) is 50.6 Å². The molecule has 0 aliphatic carbocycles. The highest BCUT2D eigenvalue weighted by molar-refractivity contribution is 7.26. The van der Waals surface area contributed by atoms with Gasteiger partial charge >= 0.3 is 0 Å². The Balaban J connectivity index is 1.65. The van der Waals surface area contributed by atoms with Gasteiger partial charge in [0.1, 0.15) is 11.2 Å². The molecule has 4 heterocycles. The Hall–Kier alpha value is -2.34. The molecule has 4 aromatic heterocycles. The van der Waals surface area contributed by atoms with Crippen LogP contribution in [0, 0.1) is 12.8 Å². The lowest BCUT2D eigenvalue weighted by Crippen LogP contribution is -2.11. The quantitative estimate of drug-likeness (QED) is 0.242. The highest BCUT2D eigenvalue weighted by Gasteiger charge is 2.22. The van der Waals surface area contributed by atoms with Crippen LogP contribution in [0.15, 0.2) is 42.0 Å². The molecule has 0 saturated heterocycles. The van der Waals surface area contributed by atoms with E-state index < -0.39 is 0 Å². The lowest BCUT2D eigenvalue weighted by atomic mass is 9.85. The van der Waals surface area contributed by atoms with Gasteiger partial charge in [-0.15, -0.1) is 34.0 Å². The molecule has 0 N–H and O–H groups in total. The van der Waals surface area contributed by atoms with E-state index in [0.29, 0.717) is 5.92 Å². The molecule has 0 unspecified atom stereocenters. The molecule has 2 nitrogen and oxygen atoms in total. The molecule has 0 amide bonds. The first kappa shape index (κ1) is 22.1. The third-order valence-electron chi connectivity index (χ3n) is 6.63. The second-order valence-corrected chi connectivity index (χ2v) is 13.9. The Kier molecular flexibility index (Phi) is 5.11. The molecule has 6 rings (SSSR count). The molecule has 6 aromatic rings. The van der Waals surface area contributed by atoms with Crippen molar-refractivity contribution in [3.8, 4) is 11.3 Å². The lowest BCUT2D eigenvalue weighted by molar-refractivity contribution is 0.597. The number of benzene rings is 2. The summed E-state index contributed by atoms with van der Waals surface area (Å²) in [6.45, 7) is 13.8. The third-order valence-corrected chi connectivity index (χ3v) is 9.76. The second-order valence-electron chi connectivity index (χ2n) is 10.7. The van der Waals surface area contributed by atoms with Crippen LogP contribution in [-0.4, -0.2) is 9.97 Å². The molecular weight excluding hydrogens is 473 g/mol. The summed E-state index contributed by atoms with van der Waals surface area (Å²) in [5.74, 6) is 0.649. The topological polar surface area (TPSA) is 25.8 Å². The van der Waals surface area contributed by atoms with E-state index in [0.717, 1.165) is 16.9 Å². The minimum atomic E-state index is 0.0649. The van der Waals surface area contributed by atoms with Crippen molar-refractivity contribution in [1.29, 1.82) is 0 Å². The molecular formula is C29H28N2S3. The molecule has 0 aliphatic rings. The molecule has 0 aliphatic heterocycles. The number of hydrogen-bond donors (Lipinski definition) is 0. The zero-order valence-electron chi connectivity index (χ0n) is 20.4. The van der Waals surface area contributed by atoms with Crippen LogP contribution in [0.3, 0.4) is 0 Å². The average Bonchev–Trinajstić information content (AvgIpc) is 3.46. The Morgan fingerprint density at radius 2 is 1.71 bits per heavy atom. The van der Waals surface area contributed by atoms with Crippen LogP contribution < -0.4 is 0 Å². The van der Waals surface area contributed by atoms with E-state index >= 15 is 0 Å². The van der Waals surface area contributed by atoms with Crippen molar-refractivity contribution < 1.29 is 0 Å². The van der Waals surface area contributed by atoms with Gasteiger partial charge in [0.15, 0.2) is 0 Å². The molecule has 2 aromatic carbocycles. The fourth-order valence-corrected chi connectivity index (χ4v) is 8.31. The minimum Gasteiger partial charge on any atom is -0.236 e. The van der Waals surface area contributed by atoms with Crippen molar-refractivity contribution in [1.82, 2.24) is 9.97 Å². The third kappa shape index (κ3) is 3.48. The summed E-state index contributed by atoms with van der Waals surface area (Å²) in [5, 5.41) is 7.38. The van der Waals surface area contributed by atoms with E-state index in [1.54, 1.807) is 17.7 Å². The highest BCUT2D eigenvalue weighted by Crippen LogP contribution is 2.44. The zero-order valence-corrected chi connectivity index (χ0v) is 22.9. The molecule has 172 valence electrons. The maximum absolute atomic E-state index is 4.86. The molecule has 0 saturated carbocycles. The second kappa shape index (κ2) is 7.84. The molecule has 0 atom stereocenters. The molecule has 0 bridgehead atoms. The Bertz CT molecular complexity index is 1710. The van der Waals surface area contributed by atoms with Gasteiger partial charge in [0.05, 0.1) is 5.69 Å². The van der Waals surface area contributed by atoms with Gasteiger partial charge < -0.3 is 0 Å². The van der Waals surface area contributed by atoms with Crippen LogP contribution in [0.4, 0.5) is 0 Å². The van der Waals surface area contributed by atoms with E-state index in [4.69, 9.17) is 9.97 Å². The zero-order chi connectivity index (χ0) is 23.8. The fraction of sp³-hybridized carbons (Fsp3) is 0.310. The standard InChI is InChI=1S/C29H28N2S3/c1-15(2)9-19-16(3)33-23-13-21-24(12-20(19)23)34-28-25(21)26(30-14-31-28)18-10-17-7-8-32-27(17)22(11-18)29(4,5)6/h7-8,10-15H,9H2,1-6H3. The summed E-state index contributed by atoms with van der Waals surface area (Å²) < 4.78 is 4.06. The van der Waals surface area contributed by atoms with Gasteiger partial charge in [-0.3, -0.25) is 0 Å². The van der Waals surface area contributed by atoms with Gasteiger partial charge in [-0.1, -0.05) is 34.6 Å². The summed E-state index contributed by atoms with van der Waals surface area (Å²) in [6, 6.07) is 11.7. The normalized spacial score (nSPS) is 12.8. The van der Waals surface area contributed by atoms with Crippen LogP contribution in [0.25, 0.3) is 51.7 Å². The fourth-order valence-electron chi connectivity index (χ4n) is 5.03. The van der Waals surface area contributed by atoms with E-state index in [-0.39, 0.29) is 5.41 Å². The smallest absolute Gasteiger partial charge is 0.128 e. The average molecular weight is 501 g/mol. The molecule has 0 fully saturated rings. The van der Waals surface area contributed by atoms with E-state index in [1.165, 1.54) is 57.2 Å². The number of aryl methyl sites for hydroxylation is 1. The minimum absolute atomic E-state index is 0.0649. The first-order valence-electron chi connectivity index (χ1n) is 11.8. The van der Waals surface area contributed by atoms with Crippen LogP contribution >= 0.6 is 34.0 Å². The van der Waals surface area contributed by atoms with Crippen molar-refractivity contribution >= 4 is 74.5 Å². The van der Waals surface area contributed by atoms with E-state index in [1.807, 2.05) is 22.7 Å². The van der Waals surface area contributed by atoms with Gasteiger partial charge in [0, 0.05) is 35.3 Å². The molecule has 0 radical (unpaired) electrons.